The first-order valence-electron chi connectivity index (χ1n) is 12.1. The van der Waals surface area contributed by atoms with Crippen LogP contribution >= 0.6 is 0 Å². The van der Waals surface area contributed by atoms with Crippen LogP contribution in [-0.2, 0) is 24.3 Å². The molecule has 7 heteroatoms. The minimum absolute atomic E-state index is 0.0706. The molecule has 0 radical (unpaired) electrons. The molecule has 1 N–H and O–H groups in total. The van der Waals surface area contributed by atoms with Crippen molar-refractivity contribution in [3.05, 3.63) is 66.2 Å². The highest BCUT2D eigenvalue weighted by Gasteiger charge is 2.20. The highest BCUT2D eigenvalue weighted by molar-refractivity contribution is 5.96. The van der Waals surface area contributed by atoms with Gasteiger partial charge in [0.15, 0.2) is 0 Å². The van der Waals surface area contributed by atoms with Gasteiger partial charge in [-0.15, -0.1) is 10.2 Å². The number of benzene rings is 2. The van der Waals surface area contributed by atoms with Crippen LogP contribution < -0.4 is 5.32 Å². The first-order valence-corrected chi connectivity index (χ1v) is 12.1. The first kappa shape index (κ1) is 22.3. The molecule has 7 nitrogen and oxygen atoms in total. The van der Waals surface area contributed by atoms with E-state index in [4.69, 9.17) is 4.42 Å². The summed E-state index contributed by atoms with van der Waals surface area (Å²) in [5.41, 5.74) is 3.79. The molecule has 0 spiro atoms. The Bertz CT molecular complexity index is 1280. The lowest BCUT2D eigenvalue weighted by Crippen LogP contribution is -2.32. The van der Waals surface area contributed by atoms with Gasteiger partial charge < -0.3 is 14.3 Å². The van der Waals surface area contributed by atoms with Crippen LogP contribution in [0.4, 0.5) is 5.69 Å². The first-order chi connectivity index (χ1) is 16.6. The van der Waals surface area contributed by atoms with Gasteiger partial charge in [0.25, 0.3) is 0 Å². The van der Waals surface area contributed by atoms with E-state index >= 15 is 0 Å². The number of anilines is 1. The monoisotopic (exact) mass is 457 g/mol. The van der Waals surface area contributed by atoms with Crippen LogP contribution in [0.3, 0.4) is 0 Å². The number of para-hydroxylation sites is 2. The van der Waals surface area contributed by atoms with E-state index in [1.807, 2.05) is 59.3 Å². The summed E-state index contributed by atoms with van der Waals surface area (Å²) < 4.78 is 8.02. The van der Waals surface area contributed by atoms with E-state index in [2.05, 4.69) is 34.3 Å². The predicted molar refractivity (Wildman–Crippen MR) is 133 cm³/mol. The van der Waals surface area contributed by atoms with Gasteiger partial charge in [-0.2, -0.15) is 0 Å². The van der Waals surface area contributed by atoms with Crippen molar-refractivity contribution in [2.45, 2.75) is 46.2 Å². The van der Waals surface area contributed by atoms with Gasteiger partial charge in [0.1, 0.15) is 6.54 Å². The van der Waals surface area contributed by atoms with Crippen molar-refractivity contribution in [1.82, 2.24) is 19.7 Å². The van der Waals surface area contributed by atoms with Gasteiger partial charge in [-0.25, -0.2) is 0 Å². The maximum absolute atomic E-state index is 12.9. The lowest BCUT2D eigenvalue weighted by atomic mass is 9.99. The summed E-state index contributed by atoms with van der Waals surface area (Å²) in [6.45, 7) is 7.40. The van der Waals surface area contributed by atoms with Crippen molar-refractivity contribution in [3.63, 3.8) is 0 Å². The zero-order valence-electron chi connectivity index (χ0n) is 19.8. The Morgan fingerprint density at radius 3 is 2.68 bits per heavy atom. The molecular weight excluding hydrogens is 426 g/mol. The molecule has 1 amide bonds. The molecule has 34 heavy (non-hydrogen) atoms. The van der Waals surface area contributed by atoms with Gasteiger partial charge in [-0.05, 0) is 56.0 Å². The van der Waals surface area contributed by atoms with Crippen LogP contribution in [0.25, 0.3) is 22.4 Å². The topological polar surface area (TPSA) is 76.2 Å². The van der Waals surface area contributed by atoms with Gasteiger partial charge in [-0.3, -0.25) is 9.69 Å². The number of likely N-dealkylation sites (tertiary alicyclic amines) is 1. The Labute approximate surface area is 199 Å². The average molecular weight is 458 g/mol. The number of rotatable bonds is 7. The second kappa shape index (κ2) is 9.81. The van der Waals surface area contributed by atoms with E-state index in [1.165, 1.54) is 12.8 Å². The summed E-state index contributed by atoms with van der Waals surface area (Å²) in [6.07, 6.45) is 5.22. The second-order valence-electron chi connectivity index (χ2n) is 9.21. The number of aryl methyl sites for hydroxylation is 1. The maximum Gasteiger partial charge on any atom is 0.249 e. The molecule has 5 rings (SSSR count). The van der Waals surface area contributed by atoms with E-state index < -0.39 is 0 Å². The molecule has 4 aromatic rings. The second-order valence-corrected chi connectivity index (χ2v) is 9.21. The fourth-order valence-corrected chi connectivity index (χ4v) is 4.68. The molecule has 1 saturated heterocycles. The molecule has 0 bridgehead atoms. The molecule has 1 aliphatic heterocycles. The third-order valence-electron chi connectivity index (χ3n) is 6.71. The van der Waals surface area contributed by atoms with Gasteiger partial charge >= 0.3 is 0 Å². The lowest BCUT2D eigenvalue weighted by molar-refractivity contribution is -0.116. The van der Waals surface area contributed by atoms with Crippen LogP contribution in [0.1, 0.15) is 38.1 Å². The molecule has 3 heterocycles. The number of hydrogen-bond donors (Lipinski definition) is 1. The molecule has 0 saturated carbocycles. The van der Waals surface area contributed by atoms with E-state index in [9.17, 15) is 4.79 Å². The average Bonchev–Trinajstić information content (AvgIpc) is 3.46. The third kappa shape index (κ3) is 4.75. The van der Waals surface area contributed by atoms with Crippen molar-refractivity contribution < 1.29 is 9.21 Å². The van der Waals surface area contributed by atoms with Gasteiger partial charge in [0.2, 0.25) is 17.7 Å². The Kier molecular flexibility index (Phi) is 6.45. The number of nitrogens with one attached hydrogen (secondary N) is 1. The van der Waals surface area contributed by atoms with Gasteiger partial charge in [0, 0.05) is 22.8 Å². The number of fused-ring (bicyclic) bond motifs is 1. The van der Waals surface area contributed by atoms with Crippen molar-refractivity contribution in [2.24, 2.45) is 5.92 Å². The van der Waals surface area contributed by atoms with Crippen molar-refractivity contribution in [2.75, 3.05) is 18.4 Å². The number of nitrogens with zero attached hydrogens (tertiary/aromatic N) is 4. The highest BCUT2D eigenvalue weighted by atomic mass is 16.4. The predicted octanol–water partition coefficient (Wildman–Crippen LogP) is 5.12. The Morgan fingerprint density at radius 2 is 1.85 bits per heavy atom. The number of piperidine rings is 1. The minimum atomic E-state index is -0.0706. The van der Waals surface area contributed by atoms with Crippen LogP contribution in [-0.4, -0.2) is 38.7 Å². The lowest BCUT2D eigenvalue weighted by Gasteiger charge is -2.28. The molecule has 1 aliphatic rings. The Hall–Kier alpha value is -3.45. The van der Waals surface area contributed by atoms with Crippen molar-refractivity contribution in [1.29, 1.82) is 0 Å². The molecule has 0 aliphatic carbocycles. The van der Waals surface area contributed by atoms with E-state index in [0.717, 1.165) is 53.1 Å². The molecule has 2 aromatic carbocycles. The third-order valence-corrected chi connectivity index (χ3v) is 6.71. The molecule has 176 valence electrons. The smallest absolute Gasteiger partial charge is 0.249 e. The number of hydrogen-bond acceptors (Lipinski definition) is 5. The summed E-state index contributed by atoms with van der Waals surface area (Å²) in [4.78, 5) is 15.3. The van der Waals surface area contributed by atoms with Crippen LogP contribution in [0.15, 0.2) is 59.1 Å². The summed E-state index contributed by atoms with van der Waals surface area (Å²) in [5, 5.41) is 12.7. The Morgan fingerprint density at radius 1 is 1.09 bits per heavy atom. The minimum Gasteiger partial charge on any atom is -0.419 e. The number of carbonyl (C=O) groups excluding carboxylic acids is 1. The van der Waals surface area contributed by atoms with Crippen molar-refractivity contribution in [3.8, 4) is 11.5 Å². The number of carbonyl (C=O) groups is 1. The van der Waals surface area contributed by atoms with Gasteiger partial charge in [-0.1, -0.05) is 50.2 Å². The van der Waals surface area contributed by atoms with E-state index in [0.29, 0.717) is 18.3 Å². The largest absolute Gasteiger partial charge is 0.419 e. The number of amides is 1. The summed E-state index contributed by atoms with van der Waals surface area (Å²) >= 11 is 0. The molecular formula is C27H31N5O2. The summed E-state index contributed by atoms with van der Waals surface area (Å²) in [5.74, 6) is 1.84. The molecule has 1 fully saturated rings. The Balaban J connectivity index is 1.36. The normalized spacial score (nSPS) is 15.1. The summed E-state index contributed by atoms with van der Waals surface area (Å²) in [7, 11) is 0. The molecule has 2 aromatic heterocycles. The zero-order chi connectivity index (χ0) is 23.5. The molecule has 0 atom stereocenters. The fraction of sp³-hybridized carbons (Fsp3) is 0.370. The van der Waals surface area contributed by atoms with E-state index in [-0.39, 0.29) is 12.5 Å². The highest BCUT2D eigenvalue weighted by Crippen LogP contribution is 2.30. The van der Waals surface area contributed by atoms with E-state index in [1.54, 1.807) is 0 Å². The number of aromatic nitrogens is 3. The summed E-state index contributed by atoms with van der Waals surface area (Å²) in [6, 6.07) is 15.9. The quantitative estimate of drug-likeness (QED) is 0.417. The van der Waals surface area contributed by atoms with Crippen LogP contribution in [0.5, 0.6) is 0 Å². The van der Waals surface area contributed by atoms with Gasteiger partial charge in [0.05, 0.1) is 12.1 Å². The standard InChI is InChI=1S/C27H31N5O2/c1-3-20-8-4-6-10-23(20)28-25(33)17-32-16-22(21-9-5-7-11-24(21)32)27-30-29-26(34-27)18-31-14-12-19(2)13-15-31/h4-11,16,19H,3,12-15,17-18H2,1-2H3,(H,28,33). The van der Waals surface area contributed by atoms with Crippen LogP contribution in [0, 0.1) is 5.92 Å². The van der Waals surface area contributed by atoms with Crippen LogP contribution in [0.2, 0.25) is 0 Å². The van der Waals surface area contributed by atoms with Crippen molar-refractivity contribution >= 4 is 22.5 Å². The molecule has 0 unspecified atom stereocenters. The SMILES string of the molecule is CCc1ccccc1NC(=O)Cn1cc(-c2nnc(CN3CCC(C)CC3)o2)c2ccccc21. The fourth-order valence-electron chi connectivity index (χ4n) is 4.68. The zero-order valence-corrected chi connectivity index (χ0v) is 19.8. The maximum atomic E-state index is 12.9.